The molecule has 0 radical (unpaired) electrons. The highest BCUT2D eigenvalue weighted by Crippen LogP contribution is 2.07. The van der Waals surface area contributed by atoms with Gasteiger partial charge in [0.25, 0.3) is 0 Å². The number of rotatable bonds is 8. The molecule has 9 heteroatoms. The van der Waals surface area contributed by atoms with Crippen LogP contribution in [0.3, 0.4) is 0 Å². The smallest absolute Gasteiger partial charge is 0.191 e. The summed E-state index contributed by atoms with van der Waals surface area (Å²) >= 11 is 0. The molecule has 0 unspecified atom stereocenters. The monoisotopic (exact) mass is 494 g/mol. The van der Waals surface area contributed by atoms with Crippen LogP contribution in [0.15, 0.2) is 54.0 Å². The molecule has 0 bridgehead atoms. The van der Waals surface area contributed by atoms with Crippen LogP contribution >= 0.6 is 24.0 Å². The minimum Gasteiger partial charge on any atom is -0.356 e. The van der Waals surface area contributed by atoms with Crippen LogP contribution in [-0.2, 0) is 19.4 Å². The minimum atomic E-state index is 0. The molecular formula is C19H27IN8. The first-order valence-corrected chi connectivity index (χ1v) is 9.20. The topological polar surface area (TPSA) is 84.9 Å². The number of aryl methyl sites for hydroxylation is 1. The zero-order valence-electron chi connectivity index (χ0n) is 16.2. The lowest BCUT2D eigenvalue weighted by Crippen LogP contribution is -2.39. The molecule has 0 saturated carbocycles. The van der Waals surface area contributed by atoms with E-state index in [0.717, 1.165) is 49.9 Å². The molecule has 3 rings (SSSR count). The van der Waals surface area contributed by atoms with Crippen LogP contribution in [0, 0.1) is 0 Å². The fourth-order valence-electron chi connectivity index (χ4n) is 2.79. The summed E-state index contributed by atoms with van der Waals surface area (Å²) in [6, 6.07) is 10.1. The molecular weight excluding hydrogens is 467 g/mol. The predicted octanol–water partition coefficient (Wildman–Crippen LogP) is 2.05. The summed E-state index contributed by atoms with van der Waals surface area (Å²) in [5.74, 6) is 1.78. The molecule has 0 saturated heterocycles. The van der Waals surface area contributed by atoms with E-state index in [9.17, 15) is 0 Å². The van der Waals surface area contributed by atoms with Gasteiger partial charge < -0.3 is 15.2 Å². The normalized spacial score (nSPS) is 11.1. The van der Waals surface area contributed by atoms with Gasteiger partial charge in [-0.15, -0.1) is 34.2 Å². The van der Waals surface area contributed by atoms with Crippen molar-refractivity contribution in [2.75, 3.05) is 20.1 Å². The summed E-state index contributed by atoms with van der Waals surface area (Å²) in [6.07, 6.45) is 7.48. The number of aromatic nitrogens is 5. The number of hydrogen-bond donors (Lipinski definition) is 2. The van der Waals surface area contributed by atoms with Gasteiger partial charge in [0.2, 0.25) is 0 Å². The average molecular weight is 494 g/mol. The third-order valence-electron chi connectivity index (χ3n) is 4.24. The molecule has 0 aliphatic carbocycles. The van der Waals surface area contributed by atoms with Crippen LogP contribution in [0.5, 0.6) is 0 Å². The van der Waals surface area contributed by atoms with Gasteiger partial charge in [0, 0.05) is 39.3 Å². The molecule has 28 heavy (non-hydrogen) atoms. The highest BCUT2D eigenvalue weighted by atomic mass is 127. The standard InChI is InChI=1S/C19H26N8.HI/c1-3-18-25-23-15-26(18)12-11-22-19(20-2)21-10-9-16-13-24-27(14-16)17-7-5-4-6-8-17;/h4-8,13-15H,3,9-12H2,1-2H3,(H2,20,21,22);1H. The quantitative estimate of drug-likeness (QED) is 0.285. The van der Waals surface area contributed by atoms with Crippen molar-refractivity contribution in [1.29, 1.82) is 0 Å². The zero-order valence-corrected chi connectivity index (χ0v) is 18.6. The summed E-state index contributed by atoms with van der Waals surface area (Å²) < 4.78 is 3.95. The van der Waals surface area contributed by atoms with Crippen molar-refractivity contribution in [2.24, 2.45) is 4.99 Å². The van der Waals surface area contributed by atoms with E-state index in [2.05, 4.69) is 48.6 Å². The maximum absolute atomic E-state index is 4.43. The third-order valence-corrected chi connectivity index (χ3v) is 4.24. The fraction of sp³-hybridized carbons (Fsp3) is 0.368. The largest absolute Gasteiger partial charge is 0.356 e. The third kappa shape index (κ3) is 6.04. The Hall–Kier alpha value is -2.43. The Morgan fingerprint density at radius 1 is 1.14 bits per heavy atom. The molecule has 0 aliphatic rings. The Balaban J connectivity index is 0.00000280. The van der Waals surface area contributed by atoms with E-state index < -0.39 is 0 Å². The summed E-state index contributed by atoms with van der Waals surface area (Å²) in [7, 11) is 1.78. The first-order chi connectivity index (χ1) is 13.3. The molecule has 8 nitrogen and oxygen atoms in total. The Morgan fingerprint density at radius 3 is 2.68 bits per heavy atom. The van der Waals surface area contributed by atoms with Crippen molar-refractivity contribution in [3.8, 4) is 5.69 Å². The van der Waals surface area contributed by atoms with Crippen LogP contribution in [0.2, 0.25) is 0 Å². The highest BCUT2D eigenvalue weighted by molar-refractivity contribution is 14.0. The Labute approximate surface area is 182 Å². The van der Waals surface area contributed by atoms with Crippen molar-refractivity contribution in [2.45, 2.75) is 26.3 Å². The van der Waals surface area contributed by atoms with Crippen molar-refractivity contribution >= 4 is 29.9 Å². The van der Waals surface area contributed by atoms with E-state index >= 15 is 0 Å². The average Bonchev–Trinajstić information content (AvgIpc) is 3.36. The van der Waals surface area contributed by atoms with Crippen LogP contribution in [-0.4, -0.2) is 50.6 Å². The van der Waals surface area contributed by atoms with Gasteiger partial charge in [-0.2, -0.15) is 5.10 Å². The van der Waals surface area contributed by atoms with E-state index in [0.29, 0.717) is 0 Å². The van der Waals surface area contributed by atoms with Gasteiger partial charge in [-0.25, -0.2) is 4.68 Å². The van der Waals surface area contributed by atoms with Gasteiger partial charge >= 0.3 is 0 Å². The van der Waals surface area contributed by atoms with Crippen molar-refractivity contribution in [3.05, 3.63) is 60.4 Å². The van der Waals surface area contributed by atoms with Gasteiger partial charge in [-0.3, -0.25) is 4.99 Å². The van der Waals surface area contributed by atoms with Gasteiger partial charge in [-0.1, -0.05) is 25.1 Å². The molecule has 1 aromatic carbocycles. The molecule has 2 aromatic heterocycles. The minimum absolute atomic E-state index is 0. The lowest BCUT2D eigenvalue weighted by Gasteiger charge is -2.12. The van der Waals surface area contributed by atoms with E-state index in [1.165, 1.54) is 5.56 Å². The van der Waals surface area contributed by atoms with Gasteiger partial charge in [0.05, 0.1) is 11.9 Å². The van der Waals surface area contributed by atoms with Crippen molar-refractivity contribution in [3.63, 3.8) is 0 Å². The number of halogens is 1. The van der Waals surface area contributed by atoms with E-state index in [4.69, 9.17) is 0 Å². The van der Waals surface area contributed by atoms with Crippen molar-refractivity contribution in [1.82, 2.24) is 35.2 Å². The van der Waals surface area contributed by atoms with E-state index in [1.54, 1.807) is 13.4 Å². The number of para-hydroxylation sites is 1. The summed E-state index contributed by atoms with van der Waals surface area (Å²) in [6.45, 7) is 4.43. The lowest BCUT2D eigenvalue weighted by molar-refractivity contribution is 0.632. The summed E-state index contributed by atoms with van der Waals surface area (Å²) in [5.41, 5.74) is 2.24. The second-order valence-electron chi connectivity index (χ2n) is 6.10. The SMILES string of the molecule is CCc1nncn1CCNC(=NC)NCCc1cnn(-c2ccccc2)c1.I. The number of benzene rings is 1. The molecule has 3 aromatic rings. The summed E-state index contributed by atoms with van der Waals surface area (Å²) in [5, 5.41) is 19.1. The van der Waals surface area contributed by atoms with Crippen LogP contribution in [0.1, 0.15) is 18.3 Å². The molecule has 150 valence electrons. The highest BCUT2D eigenvalue weighted by Gasteiger charge is 2.04. The second-order valence-corrected chi connectivity index (χ2v) is 6.10. The Bertz CT molecular complexity index is 856. The molecule has 2 heterocycles. The number of hydrogen-bond acceptors (Lipinski definition) is 4. The Kier molecular flexibility index (Phi) is 8.92. The fourth-order valence-corrected chi connectivity index (χ4v) is 2.79. The lowest BCUT2D eigenvalue weighted by atomic mass is 10.2. The molecule has 0 amide bonds. The van der Waals surface area contributed by atoms with E-state index in [1.807, 2.05) is 41.2 Å². The number of aliphatic imine (C=N–C) groups is 1. The maximum Gasteiger partial charge on any atom is 0.191 e. The maximum atomic E-state index is 4.43. The molecule has 0 spiro atoms. The number of nitrogens with zero attached hydrogens (tertiary/aromatic N) is 6. The molecule has 0 aliphatic heterocycles. The van der Waals surface area contributed by atoms with Crippen LogP contribution < -0.4 is 10.6 Å². The zero-order chi connectivity index (χ0) is 18.9. The molecule has 0 fully saturated rings. The molecule has 0 atom stereocenters. The second kappa shape index (κ2) is 11.4. The van der Waals surface area contributed by atoms with Gasteiger partial charge in [-0.05, 0) is 24.1 Å². The van der Waals surface area contributed by atoms with E-state index in [-0.39, 0.29) is 24.0 Å². The first kappa shape index (κ1) is 21.9. The first-order valence-electron chi connectivity index (χ1n) is 9.20. The van der Waals surface area contributed by atoms with Crippen LogP contribution in [0.4, 0.5) is 0 Å². The van der Waals surface area contributed by atoms with Crippen LogP contribution in [0.25, 0.3) is 5.69 Å². The van der Waals surface area contributed by atoms with Crippen molar-refractivity contribution < 1.29 is 0 Å². The molecule has 2 N–H and O–H groups in total. The number of guanidine groups is 1. The summed E-state index contributed by atoms with van der Waals surface area (Å²) in [4.78, 5) is 4.27. The number of nitrogens with one attached hydrogen (secondary N) is 2. The van der Waals surface area contributed by atoms with Gasteiger partial charge in [0.15, 0.2) is 5.96 Å². The predicted molar refractivity (Wildman–Crippen MR) is 121 cm³/mol. The Morgan fingerprint density at radius 2 is 1.93 bits per heavy atom. The van der Waals surface area contributed by atoms with Gasteiger partial charge in [0.1, 0.15) is 12.2 Å².